The highest BCUT2D eigenvalue weighted by Crippen LogP contribution is 2.32. The van der Waals surface area contributed by atoms with Gasteiger partial charge < -0.3 is 14.4 Å². The zero-order chi connectivity index (χ0) is 17.8. The van der Waals surface area contributed by atoms with E-state index in [1.807, 2.05) is 36.2 Å². The van der Waals surface area contributed by atoms with Crippen molar-refractivity contribution in [2.45, 2.75) is 45.2 Å². The first-order chi connectivity index (χ1) is 12.1. The number of nitrogens with zero attached hydrogens (tertiary/aromatic N) is 2. The number of fused-ring (bicyclic) bond motifs is 1. The molecule has 3 rings (SSSR count). The van der Waals surface area contributed by atoms with E-state index in [-0.39, 0.29) is 12.7 Å². The van der Waals surface area contributed by atoms with Crippen molar-refractivity contribution in [2.75, 3.05) is 26.9 Å². The minimum absolute atomic E-state index is 0.0501. The highest BCUT2D eigenvalue weighted by Gasteiger charge is 2.30. The standard InChI is InChI=1S/C20H28N2O3/c1-4-16(5-2)22-11-10-17(13-22)21(3)20(23)9-7-15-6-8-18-19(12-15)25-14-24-18/h6-9,12,16-17H,4-5,10-11,13-14H2,1-3H3/b9-7+. The van der Waals surface area contributed by atoms with E-state index >= 15 is 0 Å². The molecule has 0 saturated carbocycles. The molecule has 2 heterocycles. The van der Waals surface area contributed by atoms with Gasteiger partial charge in [-0.3, -0.25) is 9.69 Å². The smallest absolute Gasteiger partial charge is 0.246 e. The molecule has 1 fully saturated rings. The molecule has 0 aliphatic carbocycles. The Balaban J connectivity index is 1.57. The second-order valence-corrected chi connectivity index (χ2v) is 6.80. The number of likely N-dealkylation sites (N-methyl/N-ethyl adjacent to an activating group) is 1. The lowest BCUT2D eigenvalue weighted by molar-refractivity contribution is -0.126. The number of carbonyl (C=O) groups is 1. The Morgan fingerprint density at radius 2 is 2.08 bits per heavy atom. The van der Waals surface area contributed by atoms with Gasteiger partial charge in [0.25, 0.3) is 0 Å². The molecule has 1 amide bonds. The quantitative estimate of drug-likeness (QED) is 0.744. The average molecular weight is 344 g/mol. The molecule has 1 unspecified atom stereocenters. The highest BCUT2D eigenvalue weighted by molar-refractivity contribution is 5.92. The average Bonchev–Trinajstić information content (AvgIpc) is 3.29. The maximum Gasteiger partial charge on any atom is 0.246 e. The van der Waals surface area contributed by atoms with E-state index in [2.05, 4.69) is 18.7 Å². The zero-order valence-corrected chi connectivity index (χ0v) is 15.4. The molecule has 2 aliphatic heterocycles. The van der Waals surface area contributed by atoms with Gasteiger partial charge in [0, 0.05) is 38.3 Å². The van der Waals surface area contributed by atoms with Gasteiger partial charge in [-0.1, -0.05) is 19.9 Å². The second kappa shape index (κ2) is 7.91. The first-order valence-electron chi connectivity index (χ1n) is 9.21. The molecule has 1 aromatic rings. The Labute approximate surface area is 150 Å². The molecule has 0 spiro atoms. The summed E-state index contributed by atoms with van der Waals surface area (Å²) in [6.07, 6.45) is 6.89. The molecule has 0 aromatic heterocycles. The van der Waals surface area contributed by atoms with Gasteiger partial charge in [-0.2, -0.15) is 0 Å². The van der Waals surface area contributed by atoms with Gasteiger partial charge in [-0.05, 0) is 43.0 Å². The van der Waals surface area contributed by atoms with Crippen LogP contribution < -0.4 is 9.47 Å². The first-order valence-corrected chi connectivity index (χ1v) is 9.21. The van der Waals surface area contributed by atoms with E-state index < -0.39 is 0 Å². The third kappa shape index (κ3) is 3.98. The number of amides is 1. The van der Waals surface area contributed by atoms with Crippen LogP contribution in [0.3, 0.4) is 0 Å². The van der Waals surface area contributed by atoms with E-state index in [0.29, 0.717) is 12.1 Å². The summed E-state index contributed by atoms with van der Waals surface area (Å²) in [5.41, 5.74) is 0.941. The van der Waals surface area contributed by atoms with Gasteiger partial charge >= 0.3 is 0 Å². The Bertz CT molecular complexity index is 640. The summed E-state index contributed by atoms with van der Waals surface area (Å²) < 4.78 is 10.7. The summed E-state index contributed by atoms with van der Waals surface area (Å²) in [4.78, 5) is 16.9. The van der Waals surface area contributed by atoms with Crippen LogP contribution >= 0.6 is 0 Å². The van der Waals surface area contributed by atoms with Crippen LogP contribution in [0.25, 0.3) is 6.08 Å². The van der Waals surface area contributed by atoms with Gasteiger partial charge in [-0.25, -0.2) is 0 Å². The topological polar surface area (TPSA) is 42.0 Å². The lowest BCUT2D eigenvalue weighted by Crippen LogP contribution is -2.40. The molecular weight excluding hydrogens is 316 g/mol. The molecular formula is C20H28N2O3. The lowest BCUT2D eigenvalue weighted by atomic mass is 10.1. The zero-order valence-electron chi connectivity index (χ0n) is 15.4. The predicted molar refractivity (Wildman–Crippen MR) is 98.7 cm³/mol. The highest BCUT2D eigenvalue weighted by atomic mass is 16.7. The Kier molecular flexibility index (Phi) is 5.63. The largest absolute Gasteiger partial charge is 0.454 e. The van der Waals surface area contributed by atoms with E-state index in [1.165, 1.54) is 12.8 Å². The van der Waals surface area contributed by atoms with Crippen molar-refractivity contribution in [1.82, 2.24) is 9.80 Å². The number of hydrogen-bond acceptors (Lipinski definition) is 4. The van der Waals surface area contributed by atoms with E-state index in [1.54, 1.807) is 6.08 Å². The Morgan fingerprint density at radius 3 is 2.84 bits per heavy atom. The van der Waals surface area contributed by atoms with E-state index in [4.69, 9.17) is 9.47 Å². The summed E-state index contributed by atoms with van der Waals surface area (Å²) in [5.74, 6) is 1.54. The minimum Gasteiger partial charge on any atom is -0.454 e. The van der Waals surface area contributed by atoms with Crippen molar-refractivity contribution in [3.05, 3.63) is 29.8 Å². The van der Waals surface area contributed by atoms with Gasteiger partial charge in [0.15, 0.2) is 11.5 Å². The third-order valence-corrected chi connectivity index (χ3v) is 5.36. The van der Waals surface area contributed by atoms with Crippen LogP contribution in [0.2, 0.25) is 0 Å². The van der Waals surface area contributed by atoms with Crippen molar-refractivity contribution in [3.63, 3.8) is 0 Å². The molecule has 2 aliphatic rings. The summed E-state index contributed by atoms with van der Waals surface area (Å²) >= 11 is 0. The van der Waals surface area contributed by atoms with Crippen LogP contribution in [0.4, 0.5) is 0 Å². The van der Waals surface area contributed by atoms with Crippen LogP contribution in [-0.4, -0.2) is 54.7 Å². The molecule has 0 N–H and O–H groups in total. The Hall–Kier alpha value is -2.01. The van der Waals surface area contributed by atoms with Crippen molar-refractivity contribution in [2.24, 2.45) is 0 Å². The number of benzene rings is 1. The molecule has 5 heteroatoms. The van der Waals surface area contributed by atoms with Crippen molar-refractivity contribution in [1.29, 1.82) is 0 Å². The number of likely N-dealkylation sites (tertiary alicyclic amines) is 1. The molecule has 1 saturated heterocycles. The predicted octanol–water partition coefficient (Wildman–Crippen LogP) is 3.15. The first kappa shape index (κ1) is 17.8. The van der Waals surface area contributed by atoms with Crippen LogP contribution in [-0.2, 0) is 4.79 Å². The number of rotatable bonds is 6. The van der Waals surface area contributed by atoms with Gasteiger partial charge in [-0.15, -0.1) is 0 Å². The summed E-state index contributed by atoms with van der Waals surface area (Å²) in [6, 6.07) is 6.64. The summed E-state index contributed by atoms with van der Waals surface area (Å²) in [6.45, 7) is 6.81. The monoisotopic (exact) mass is 344 g/mol. The fourth-order valence-corrected chi connectivity index (χ4v) is 3.70. The van der Waals surface area contributed by atoms with Crippen molar-refractivity contribution < 1.29 is 14.3 Å². The molecule has 0 bridgehead atoms. The molecule has 25 heavy (non-hydrogen) atoms. The van der Waals surface area contributed by atoms with Crippen molar-refractivity contribution in [3.8, 4) is 11.5 Å². The Morgan fingerprint density at radius 1 is 1.32 bits per heavy atom. The summed E-state index contributed by atoms with van der Waals surface area (Å²) in [5, 5.41) is 0. The SMILES string of the molecule is CCC(CC)N1CCC(N(C)C(=O)/C=C/c2ccc3c(c2)OCO3)C1. The van der Waals surface area contributed by atoms with Crippen LogP contribution in [0.1, 0.15) is 38.7 Å². The minimum atomic E-state index is 0.0501. The second-order valence-electron chi connectivity index (χ2n) is 6.80. The maximum absolute atomic E-state index is 12.5. The number of hydrogen-bond donors (Lipinski definition) is 0. The lowest BCUT2D eigenvalue weighted by Gasteiger charge is -2.28. The van der Waals surface area contributed by atoms with Gasteiger partial charge in [0.05, 0.1) is 0 Å². The number of ether oxygens (including phenoxy) is 2. The fourth-order valence-electron chi connectivity index (χ4n) is 3.70. The maximum atomic E-state index is 12.5. The fraction of sp³-hybridized carbons (Fsp3) is 0.550. The number of carbonyl (C=O) groups excluding carboxylic acids is 1. The molecule has 0 radical (unpaired) electrons. The molecule has 1 aromatic carbocycles. The molecule has 5 nitrogen and oxygen atoms in total. The van der Waals surface area contributed by atoms with Gasteiger partial charge in [0.2, 0.25) is 12.7 Å². The van der Waals surface area contributed by atoms with Gasteiger partial charge in [0.1, 0.15) is 0 Å². The molecule has 1 atom stereocenters. The van der Waals surface area contributed by atoms with Crippen LogP contribution in [0, 0.1) is 0 Å². The third-order valence-electron chi connectivity index (χ3n) is 5.36. The molecule has 136 valence electrons. The summed E-state index contributed by atoms with van der Waals surface area (Å²) in [7, 11) is 1.91. The normalized spacial score (nSPS) is 19.9. The van der Waals surface area contributed by atoms with Crippen LogP contribution in [0.5, 0.6) is 11.5 Å². The van der Waals surface area contributed by atoms with E-state index in [0.717, 1.165) is 36.6 Å². The van der Waals surface area contributed by atoms with Crippen LogP contribution in [0.15, 0.2) is 24.3 Å². The van der Waals surface area contributed by atoms with Crippen molar-refractivity contribution >= 4 is 12.0 Å². The van der Waals surface area contributed by atoms with E-state index in [9.17, 15) is 4.79 Å².